The van der Waals surface area contributed by atoms with Crippen LogP contribution in [0.3, 0.4) is 0 Å². The molecule has 118 valence electrons. The van der Waals surface area contributed by atoms with Crippen molar-refractivity contribution in [2.24, 2.45) is 5.84 Å². The molecule has 0 radical (unpaired) electrons. The van der Waals surface area contributed by atoms with Crippen molar-refractivity contribution in [2.75, 3.05) is 17.3 Å². The number of ether oxygens (including phenoxy) is 1. The zero-order valence-electron chi connectivity index (χ0n) is 12.9. The van der Waals surface area contributed by atoms with E-state index in [1.54, 1.807) is 13.0 Å². The predicted molar refractivity (Wildman–Crippen MR) is 81.5 cm³/mol. The van der Waals surface area contributed by atoms with Crippen molar-refractivity contribution in [1.29, 1.82) is 0 Å². The highest BCUT2D eigenvalue weighted by atomic mass is 16.5. The summed E-state index contributed by atoms with van der Waals surface area (Å²) in [6.45, 7) is 8.32. The molecule has 1 atom stereocenters. The molecule has 1 unspecified atom stereocenters. The molecule has 21 heavy (non-hydrogen) atoms. The second-order valence-electron chi connectivity index (χ2n) is 4.87. The minimum Gasteiger partial charge on any atom is -0.374 e. The first-order valence-corrected chi connectivity index (χ1v) is 6.95. The zero-order valence-corrected chi connectivity index (χ0v) is 12.9. The average molecular weight is 296 g/mol. The maximum Gasteiger partial charge on any atom is 0.242 e. The highest BCUT2D eigenvalue weighted by Gasteiger charge is 2.15. The number of anilines is 2. The first-order chi connectivity index (χ1) is 9.96. The van der Waals surface area contributed by atoms with E-state index >= 15 is 0 Å². The van der Waals surface area contributed by atoms with Gasteiger partial charge < -0.3 is 20.8 Å². The van der Waals surface area contributed by atoms with E-state index in [0.29, 0.717) is 24.1 Å². The second-order valence-corrected chi connectivity index (χ2v) is 4.87. The number of aromatic nitrogens is 2. The first kappa shape index (κ1) is 17.1. The van der Waals surface area contributed by atoms with Crippen LogP contribution in [0.1, 0.15) is 33.5 Å². The van der Waals surface area contributed by atoms with Crippen molar-refractivity contribution in [2.45, 2.75) is 46.4 Å². The zero-order chi connectivity index (χ0) is 15.8. The molecule has 1 rings (SSSR count). The molecule has 0 saturated heterocycles. The van der Waals surface area contributed by atoms with Gasteiger partial charge in [-0.1, -0.05) is 0 Å². The molecular formula is C13H24N6O2. The molecule has 5 N–H and O–H groups in total. The Kier molecular flexibility index (Phi) is 6.83. The van der Waals surface area contributed by atoms with Gasteiger partial charge >= 0.3 is 0 Å². The molecule has 8 nitrogen and oxygen atoms in total. The molecule has 0 fully saturated rings. The van der Waals surface area contributed by atoms with Gasteiger partial charge in [-0.15, -0.1) is 0 Å². The van der Waals surface area contributed by atoms with E-state index in [-0.39, 0.29) is 18.6 Å². The van der Waals surface area contributed by atoms with E-state index in [0.717, 1.165) is 0 Å². The summed E-state index contributed by atoms with van der Waals surface area (Å²) in [5.41, 5.74) is 2.47. The van der Waals surface area contributed by atoms with E-state index in [2.05, 4.69) is 26.0 Å². The Morgan fingerprint density at radius 1 is 1.33 bits per heavy atom. The highest BCUT2D eigenvalue weighted by molar-refractivity contribution is 5.84. The third-order valence-electron chi connectivity index (χ3n) is 2.54. The summed E-state index contributed by atoms with van der Waals surface area (Å²) >= 11 is 0. The third-order valence-corrected chi connectivity index (χ3v) is 2.54. The third kappa shape index (κ3) is 5.92. The van der Waals surface area contributed by atoms with Gasteiger partial charge in [0.15, 0.2) is 5.82 Å². The Morgan fingerprint density at radius 3 is 2.57 bits per heavy atom. The van der Waals surface area contributed by atoms with Gasteiger partial charge in [-0.05, 0) is 27.7 Å². The fraction of sp³-hybridized carbons (Fsp3) is 0.615. The van der Waals surface area contributed by atoms with Gasteiger partial charge in [0.1, 0.15) is 24.3 Å². The number of carbonyl (C=O) groups excluding carboxylic acids is 1. The molecule has 1 aromatic rings. The molecular weight excluding hydrogens is 272 g/mol. The largest absolute Gasteiger partial charge is 0.374 e. The number of hydrogen-bond donors (Lipinski definition) is 4. The number of nitrogens with zero attached hydrogens (tertiary/aromatic N) is 2. The van der Waals surface area contributed by atoms with Crippen LogP contribution in [0, 0.1) is 0 Å². The minimum atomic E-state index is -0.423. The molecule has 0 saturated carbocycles. The lowest BCUT2D eigenvalue weighted by atomic mass is 10.3. The summed E-state index contributed by atoms with van der Waals surface area (Å²) in [6, 6.07) is 1.30. The Labute approximate surface area is 124 Å². The normalized spacial score (nSPS) is 12.1. The number of carbonyl (C=O) groups is 1. The standard InChI is InChI=1S/C13H24N6O2/c1-5-21-7-12-17-10(6-11(18-12)19-14)16-9(4)13(20)15-8(2)3/h6,8-9H,5,7,14H2,1-4H3,(H,15,20)(H2,16,17,18,19). The predicted octanol–water partition coefficient (Wildman–Crippen LogP) is 0.624. The number of hydrogen-bond acceptors (Lipinski definition) is 7. The van der Waals surface area contributed by atoms with E-state index in [4.69, 9.17) is 10.6 Å². The van der Waals surface area contributed by atoms with Crippen molar-refractivity contribution in [3.63, 3.8) is 0 Å². The molecule has 1 aromatic heterocycles. The lowest BCUT2D eigenvalue weighted by Gasteiger charge is -2.17. The number of nitrogens with one attached hydrogen (secondary N) is 3. The summed E-state index contributed by atoms with van der Waals surface area (Å²) in [5.74, 6) is 6.75. The van der Waals surface area contributed by atoms with Gasteiger partial charge in [0, 0.05) is 18.7 Å². The monoisotopic (exact) mass is 296 g/mol. The molecule has 0 spiro atoms. The van der Waals surface area contributed by atoms with E-state index in [1.807, 2.05) is 20.8 Å². The van der Waals surface area contributed by atoms with Crippen LogP contribution in [0.4, 0.5) is 11.6 Å². The van der Waals surface area contributed by atoms with Crippen molar-refractivity contribution < 1.29 is 9.53 Å². The van der Waals surface area contributed by atoms with Crippen molar-refractivity contribution in [1.82, 2.24) is 15.3 Å². The molecule has 0 aliphatic heterocycles. The average Bonchev–Trinajstić information content (AvgIpc) is 2.44. The van der Waals surface area contributed by atoms with Crippen LogP contribution in [0.5, 0.6) is 0 Å². The molecule has 0 aromatic carbocycles. The molecule has 0 aliphatic rings. The number of rotatable bonds is 8. The maximum absolute atomic E-state index is 11.9. The number of amides is 1. The Morgan fingerprint density at radius 2 is 2.00 bits per heavy atom. The lowest BCUT2D eigenvalue weighted by Crippen LogP contribution is -2.41. The number of hydrazine groups is 1. The topological polar surface area (TPSA) is 114 Å². The van der Waals surface area contributed by atoms with Crippen LogP contribution in [0.25, 0.3) is 0 Å². The van der Waals surface area contributed by atoms with Crippen molar-refractivity contribution >= 4 is 17.5 Å². The van der Waals surface area contributed by atoms with Gasteiger partial charge in [-0.25, -0.2) is 15.8 Å². The Balaban J connectivity index is 2.78. The van der Waals surface area contributed by atoms with Crippen LogP contribution in [-0.4, -0.2) is 34.6 Å². The van der Waals surface area contributed by atoms with Crippen molar-refractivity contribution in [3.8, 4) is 0 Å². The van der Waals surface area contributed by atoms with E-state index in [1.165, 1.54) is 0 Å². The van der Waals surface area contributed by atoms with Gasteiger partial charge in [0.05, 0.1) is 0 Å². The SMILES string of the molecule is CCOCc1nc(NN)cc(NC(C)C(=O)NC(C)C)n1. The first-order valence-electron chi connectivity index (χ1n) is 6.95. The van der Waals surface area contributed by atoms with Crippen LogP contribution in [0.2, 0.25) is 0 Å². The van der Waals surface area contributed by atoms with Crippen molar-refractivity contribution in [3.05, 3.63) is 11.9 Å². The molecule has 8 heteroatoms. The van der Waals surface area contributed by atoms with Crippen LogP contribution in [-0.2, 0) is 16.1 Å². The summed E-state index contributed by atoms with van der Waals surface area (Å²) in [7, 11) is 0. The number of nitrogen functional groups attached to an aromatic ring is 1. The second kappa shape index (κ2) is 8.38. The number of nitrogens with two attached hydrogens (primary N) is 1. The minimum absolute atomic E-state index is 0.0851. The molecule has 1 heterocycles. The fourth-order valence-corrected chi connectivity index (χ4v) is 1.60. The molecule has 1 amide bonds. The lowest BCUT2D eigenvalue weighted by molar-refractivity contribution is -0.122. The molecule has 0 bridgehead atoms. The van der Waals surface area contributed by atoms with Crippen LogP contribution in [0.15, 0.2) is 6.07 Å². The van der Waals surface area contributed by atoms with Gasteiger partial charge in [0.25, 0.3) is 0 Å². The fourth-order valence-electron chi connectivity index (χ4n) is 1.60. The van der Waals surface area contributed by atoms with E-state index < -0.39 is 6.04 Å². The smallest absolute Gasteiger partial charge is 0.242 e. The summed E-state index contributed by atoms with van der Waals surface area (Å²) in [6.07, 6.45) is 0. The van der Waals surface area contributed by atoms with E-state index in [9.17, 15) is 4.79 Å². The summed E-state index contributed by atoms with van der Waals surface area (Å²) in [4.78, 5) is 20.4. The Hall–Kier alpha value is -1.93. The molecule has 0 aliphatic carbocycles. The quantitative estimate of drug-likeness (QED) is 0.411. The highest BCUT2D eigenvalue weighted by Crippen LogP contribution is 2.12. The summed E-state index contributed by atoms with van der Waals surface area (Å²) in [5, 5.41) is 5.85. The van der Waals surface area contributed by atoms with Crippen LogP contribution >= 0.6 is 0 Å². The Bertz CT molecular complexity index is 466. The van der Waals surface area contributed by atoms with Gasteiger partial charge in [-0.3, -0.25) is 4.79 Å². The van der Waals surface area contributed by atoms with Gasteiger partial charge in [0.2, 0.25) is 5.91 Å². The maximum atomic E-state index is 11.9. The van der Waals surface area contributed by atoms with Gasteiger partial charge in [-0.2, -0.15) is 0 Å². The van der Waals surface area contributed by atoms with Crippen LogP contribution < -0.4 is 21.9 Å². The summed E-state index contributed by atoms with van der Waals surface area (Å²) < 4.78 is 5.28.